The third kappa shape index (κ3) is 49.4. The van der Waals surface area contributed by atoms with Crippen molar-refractivity contribution in [2.45, 2.75) is 48.8 Å². The van der Waals surface area contributed by atoms with Crippen molar-refractivity contribution in [2.75, 3.05) is 13.2 Å². The molecule has 0 saturated carbocycles. The fourth-order valence-electron chi connectivity index (χ4n) is 1.57. The van der Waals surface area contributed by atoms with Gasteiger partial charge in [0, 0.05) is 0 Å². The quantitative estimate of drug-likeness (QED) is 0.0571. The van der Waals surface area contributed by atoms with Gasteiger partial charge in [0.05, 0.1) is 56.4 Å². The molecule has 0 aromatic carbocycles. The largest absolute Gasteiger partial charge is 2.00 e. The van der Waals surface area contributed by atoms with Crippen molar-refractivity contribution >= 4 is 232 Å². The molecule has 0 amide bonds. The van der Waals surface area contributed by atoms with Crippen LogP contribution >= 0.6 is 31.3 Å². The van der Waals surface area contributed by atoms with Crippen LogP contribution in [0.3, 0.4) is 0 Å². The first-order valence-corrected chi connectivity index (χ1v) is 15.7. The van der Waals surface area contributed by atoms with Gasteiger partial charge in [0.25, 0.3) is 0 Å². The molecular formula is C12H22Ca5O28P4. The average Bonchev–Trinajstić information content (AvgIpc) is 2.81. The standard InChI is InChI=1S/2C6H12O7.5Ca.2H4O7P2/c2*7-1-2(8)3(9)4(10)5(11)6(12)13;;;;;;2*1-8(2,3)7-9(4,5)6/h2*2-5,7-11H,1H2,(H,12,13);;;;;;2*(H2,1,2,3)(H2,4,5,6)/q;;5*+2;;/p-10. The molecular weight excluding hydrogens is 916 g/mol. The number of carbonyl (C=O) groups excluding carboxylic acids is 2. The van der Waals surface area contributed by atoms with Crippen LogP contribution in [-0.4, -0.2) is 314 Å². The van der Waals surface area contributed by atoms with E-state index in [0.29, 0.717) is 0 Å². The molecule has 28 nitrogen and oxygen atoms in total. The number of carboxylic acid groups (broad SMARTS) is 2. The maximum absolute atomic E-state index is 9.98. The van der Waals surface area contributed by atoms with Gasteiger partial charge in [-0.2, -0.15) is 0 Å². The Kier molecular flexibility index (Phi) is 55.9. The minimum absolute atomic E-state index is 0. The number of phosphoric acid groups is 4. The summed E-state index contributed by atoms with van der Waals surface area (Å²) in [5, 5.41) is 107. The first-order chi connectivity index (χ1) is 19.2. The molecule has 0 aliphatic carbocycles. The topological polar surface area (TPSA) is 554 Å². The summed E-state index contributed by atoms with van der Waals surface area (Å²) in [4.78, 5) is 94.6. The molecule has 0 aromatic rings. The Balaban J connectivity index is -0.0000000610. The Hall–Kier alpha value is 5.36. The summed E-state index contributed by atoms with van der Waals surface area (Å²) < 4.78 is 42.3. The van der Waals surface area contributed by atoms with Gasteiger partial charge in [-0.3, -0.25) is 0 Å². The molecule has 0 bridgehead atoms. The SMILES string of the molecule is O=C([O-])C(O)C(O)C(O)C(O)CO.O=C([O-])C(O)C(O)C(O)C(O)CO.O=P([O-])([O-])OP(=O)([O-])[O-].O=P([O-])([O-])OP(=O)([O-])[O-].[Ca+2].[Ca+2].[Ca+2].[Ca+2].[Ca+2]. The average molecular weight is 939 g/mol. The minimum atomic E-state index is -5.68. The molecule has 8 unspecified atom stereocenters. The zero-order valence-corrected chi connectivity index (χ0v) is 38.8. The third-order valence-corrected chi connectivity index (χ3v) is 6.59. The summed E-state index contributed by atoms with van der Waals surface area (Å²) in [6.07, 6.45) is -16.2. The molecule has 0 heterocycles. The fraction of sp³-hybridized carbons (Fsp3) is 0.833. The van der Waals surface area contributed by atoms with Crippen LogP contribution in [0, 0.1) is 0 Å². The molecule has 0 aliphatic heterocycles. The van der Waals surface area contributed by atoms with E-state index in [1.807, 2.05) is 0 Å². The predicted octanol–water partition coefficient (Wildman–Crippen LogP) is -18.2. The summed E-state index contributed by atoms with van der Waals surface area (Å²) in [6, 6.07) is 0. The predicted molar refractivity (Wildman–Crippen MR) is 134 cm³/mol. The molecule has 0 fully saturated rings. The van der Waals surface area contributed by atoms with E-state index in [-0.39, 0.29) is 189 Å². The van der Waals surface area contributed by atoms with Crippen molar-refractivity contribution in [3.8, 4) is 0 Å². The van der Waals surface area contributed by atoms with Gasteiger partial charge in [0.15, 0.2) is 0 Å². The van der Waals surface area contributed by atoms with Gasteiger partial charge in [-0.25, -0.2) is 0 Å². The van der Waals surface area contributed by atoms with Crippen LogP contribution in [0.4, 0.5) is 0 Å². The van der Waals surface area contributed by atoms with Crippen molar-refractivity contribution in [3.63, 3.8) is 0 Å². The summed E-state index contributed by atoms with van der Waals surface area (Å²) in [6.45, 7) is -1.73. The van der Waals surface area contributed by atoms with Gasteiger partial charge in [0.1, 0.15) is 48.8 Å². The van der Waals surface area contributed by atoms with Crippen LogP contribution in [0.1, 0.15) is 0 Å². The van der Waals surface area contributed by atoms with Gasteiger partial charge in [-0.1, -0.05) is 0 Å². The van der Waals surface area contributed by atoms with E-state index < -0.39 is 105 Å². The van der Waals surface area contributed by atoms with Crippen molar-refractivity contribution in [2.24, 2.45) is 0 Å². The molecule has 0 aromatic heterocycles. The van der Waals surface area contributed by atoms with Crippen LogP contribution < -0.4 is 49.4 Å². The van der Waals surface area contributed by atoms with Gasteiger partial charge >= 0.3 is 189 Å². The molecule has 0 aliphatic rings. The van der Waals surface area contributed by atoms with Crippen LogP contribution in [0.25, 0.3) is 0 Å². The van der Waals surface area contributed by atoms with Crippen LogP contribution in [0.2, 0.25) is 0 Å². The zero-order valence-electron chi connectivity index (χ0n) is 24.2. The van der Waals surface area contributed by atoms with Crippen molar-refractivity contribution in [1.29, 1.82) is 0 Å². The zero-order chi connectivity index (χ0) is 36.6. The molecule has 0 radical (unpaired) electrons. The third-order valence-electron chi connectivity index (χ3n) is 3.39. The number of aliphatic hydroxyl groups excluding tert-OH is 10. The fourth-order valence-corrected chi connectivity index (χ4v) is 3.53. The Morgan fingerprint density at radius 1 is 0.449 bits per heavy atom. The maximum atomic E-state index is 9.98. The molecule has 10 N–H and O–H groups in total. The Morgan fingerprint density at radius 2 is 0.612 bits per heavy atom. The van der Waals surface area contributed by atoms with E-state index in [1.165, 1.54) is 0 Å². The smallest absolute Gasteiger partial charge is 0.790 e. The van der Waals surface area contributed by atoms with E-state index in [0.717, 1.165) is 0 Å². The first-order valence-electron chi connectivity index (χ1n) is 9.83. The number of aliphatic hydroxyl groups is 10. The van der Waals surface area contributed by atoms with Gasteiger partial charge in [-0.15, -0.1) is 0 Å². The second kappa shape index (κ2) is 36.4. The number of carbonyl (C=O) groups is 2. The second-order valence-corrected chi connectivity index (χ2v) is 11.8. The van der Waals surface area contributed by atoms with Crippen molar-refractivity contribution in [1.82, 2.24) is 0 Å². The van der Waals surface area contributed by atoms with Gasteiger partial charge in [0.2, 0.25) is 0 Å². The molecule has 0 rings (SSSR count). The van der Waals surface area contributed by atoms with Gasteiger partial charge in [-0.05, 0) is 0 Å². The number of hydrogen-bond donors (Lipinski definition) is 10. The first kappa shape index (κ1) is 75.2. The van der Waals surface area contributed by atoms with Crippen LogP contribution in [-0.2, 0) is 36.5 Å². The number of rotatable bonds is 14. The summed E-state index contributed by atoms with van der Waals surface area (Å²) in [7, 11) is -22.7. The van der Waals surface area contributed by atoms with Crippen molar-refractivity contribution < 1.29 is 137 Å². The Morgan fingerprint density at radius 3 is 0.694 bits per heavy atom. The van der Waals surface area contributed by atoms with E-state index in [1.54, 1.807) is 0 Å². The molecule has 0 saturated heterocycles. The molecule has 8 atom stereocenters. The molecule has 37 heteroatoms. The molecule has 268 valence electrons. The molecule has 49 heavy (non-hydrogen) atoms. The second-order valence-electron chi connectivity index (χ2n) is 6.94. The summed E-state index contributed by atoms with van der Waals surface area (Å²) in [5.74, 6) is -3.95. The van der Waals surface area contributed by atoms with E-state index in [4.69, 9.17) is 51.1 Å². The monoisotopic (exact) mass is 938 g/mol. The number of hydrogen-bond acceptors (Lipinski definition) is 28. The number of carboxylic acids is 2. The van der Waals surface area contributed by atoms with E-state index >= 15 is 0 Å². The summed E-state index contributed by atoms with van der Waals surface area (Å²) in [5.41, 5.74) is 0. The Labute approximate surface area is 423 Å². The maximum Gasteiger partial charge on any atom is 2.00 e. The minimum Gasteiger partial charge on any atom is -0.790 e. The Bertz CT molecular complexity index is 913. The summed E-state index contributed by atoms with van der Waals surface area (Å²) >= 11 is 0. The van der Waals surface area contributed by atoms with Crippen molar-refractivity contribution in [3.05, 3.63) is 0 Å². The van der Waals surface area contributed by atoms with Crippen LogP contribution in [0.15, 0.2) is 0 Å². The molecule has 0 spiro atoms. The normalized spacial score (nSPS) is 15.9. The van der Waals surface area contributed by atoms with Crippen LogP contribution in [0.5, 0.6) is 0 Å². The number of aliphatic carboxylic acids is 2. The van der Waals surface area contributed by atoms with Gasteiger partial charge < -0.3 is 137 Å². The van der Waals surface area contributed by atoms with E-state index in [2.05, 4.69) is 8.62 Å². The van der Waals surface area contributed by atoms with E-state index in [9.17, 15) is 77.2 Å².